The van der Waals surface area contributed by atoms with Gasteiger partial charge in [-0.15, -0.1) is 0 Å². The molecule has 0 bridgehead atoms. The van der Waals surface area contributed by atoms with Gasteiger partial charge in [0.1, 0.15) is 0 Å². The lowest BCUT2D eigenvalue weighted by atomic mass is 10.1. The number of rotatable bonds is 5. The van der Waals surface area contributed by atoms with Crippen molar-refractivity contribution in [3.63, 3.8) is 0 Å². The Morgan fingerprint density at radius 1 is 1.24 bits per heavy atom. The summed E-state index contributed by atoms with van der Waals surface area (Å²) in [5, 5.41) is 1.25. The second kappa shape index (κ2) is 6.60. The molecule has 0 fully saturated rings. The molecule has 0 atom stereocenters. The van der Waals surface area contributed by atoms with Crippen molar-refractivity contribution in [3.8, 4) is 0 Å². The van der Waals surface area contributed by atoms with Gasteiger partial charge in [0, 0.05) is 6.42 Å². The molecular formula is C14H22O2Si. The first-order valence-corrected chi connectivity index (χ1v) is 7.56. The zero-order chi connectivity index (χ0) is 12.8. The number of carbonyl (C=O) groups is 1. The van der Waals surface area contributed by atoms with Crippen LogP contribution in [-0.2, 0) is 9.22 Å². The molecule has 1 aromatic carbocycles. The van der Waals surface area contributed by atoms with E-state index in [9.17, 15) is 4.79 Å². The summed E-state index contributed by atoms with van der Waals surface area (Å²) in [5.41, 5.74) is 3.91. The molecule has 0 N–H and O–H groups in total. The third-order valence-electron chi connectivity index (χ3n) is 3.29. The Kier molecular flexibility index (Phi) is 5.42. The highest BCUT2D eigenvalue weighted by molar-refractivity contribution is 6.49. The summed E-state index contributed by atoms with van der Waals surface area (Å²) in [7, 11) is -0.903. The van der Waals surface area contributed by atoms with E-state index in [1.165, 1.54) is 21.9 Å². The molecule has 0 aliphatic heterocycles. The van der Waals surface area contributed by atoms with Crippen molar-refractivity contribution in [2.45, 2.75) is 47.0 Å². The smallest absolute Gasteiger partial charge is 0.292 e. The average molecular weight is 250 g/mol. The van der Waals surface area contributed by atoms with Crippen molar-refractivity contribution < 1.29 is 9.22 Å². The summed E-state index contributed by atoms with van der Waals surface area (Å²) in [5.74, 6) is -0.0313. The van der Waals surface area contributed by atoms with Crippen LogP contribution >= 0.6 is 0 Å². The van der Waals surface area contributed by atoms with Crippen molar-refractivity contribution in [1.29, 1.82) is 0 Å². The third kappa shape index (κ3) is 4.00. The van der Waals surface area contributed by atoms with Gasteiger partial charge in [-0.3, -0.25) is 4.79 Å². The van der Waals surface area contributed by atoms with Crippen LogP contribution in [0.25, 0.3) is 0 Å². The second-order valence-corrected chi connectivity index (χ2v) is 5.89. The molecule has 94 valence electrons. The lowest BCUT2D eigenvalue weighted by molar-refractivity contribution is -0.134. The SMILES string of the molecule is CCCCC(=O)O[SiH2]c1ccc(C)c(C)c1C. The Hall–Kier alpha value is -1.09. The van der Waals surface area contributed by atoms with E-state index >= 15 is 0 Å². The maximum atomic E-state index is 11.5. The number of unbranched alkanes of at least 4 members (excludes halogenated alkanes) is 1. The van der Waals surface area contributed by atoms with Crippen molar-refractivity contribution in [2.75, 3.05) is 0 Å². The van der Waals surface area contributed by atoms with Crippen LogP contribution in [0.5, 0.6) is 0 Å². The van der Waals surface area contributed by atoms with Crippen LogP contribution in [0.15, 0.2) is 12.1 Å². The monoisotopic (exact) mass is 250 g/mol. The summed E-state index contributed by atoms with van der Waals surface area (Å²) in [6, 6.07) is 4.22. The summed E-state index contributed by atoms with van der Waals surface area (Å²) >= 11 is 0. The largest absolute Gasteiger partial charge is 0.520 e. The molecule has 1 rings (SSSR count). The van der Waals surface area contributed by atoms with E-state index in [1.54, 1.807) is 0 Å². The number of hydrogen-bond donors (Lipinski definition) is 0. The summed E-state index contributed by atoms with van der Waals surface area (Å²) in [6.07, 6.45) is 2.53. The standard InChI is InChI=1S/C14H22O2Si/c1-5-6-7-14(15)16-17-13-9-8-10(2)11(3)12(13)4/h8-9H,5-7,17H2,1-4H3. The van der Waals surface area contributed by atoms with E-state index in [1.807, 2.05) is 0 Å². The zero-order valence-electron chi connectivity index (χ0n) is 11.3. The van der Waals surface area contributed by atoms with E-state index in [0.29, 0.717) is 6.42 Å². The van der Waals surface area contributed by atoms with Gasteiger partial charge in [-0.2, -0.15) is 0 Å². The van der Waals surface area contributed by atoms with Crippen LogP contribution in [0, 0.1) is 20.8 Å². The normalized spacial score (nSPS) is 11.1. The Balaban J connectivity index is 2.58. The third-order valence-corrected chi connectivity index (χ3v) is 4.84. The number of aryl methyl sites for hydroxylation is 1. The van der Waals surface area contributed by atoms with Gasteiger partial charge in [-0.25, -0.2) is 0 Å². The Labute approximate surface area is 106 Å². The average Bonchev–Trinajstić information content (AvgIpc) is 2.32. The van der Waals surface area contributed by atoms with Crippen molar-refractivity contribution >= 4 is 20.9 Å². The van der Waals surface area contributed by atoms with E-state index < -0.39 is 9.76 Å². The van der Waals surface area contributed by atoms with Gasteiger partial charge in [-0.05, 0) is 49.1 Å². The maximum Gasteiger partial charge on any atom is 0.292 e. The molecule has 0 unspecified atom stereocenters. The first-order chi connectivity index (χ1) is 8.06. The topological polar surface area (TPSA) is 26.3 Å². The van der Waals surface area contributed by atoms with Crippen LogP contribution in [0.2, 0.25) is 0 Å². The number of benzene rings is 1. The van der Waals surface area contributed by atoms with E-state index in [-0.39, 0.29) is 5.97 Å². The second-order valence-electron chi connectivity index (χ2n) is 4.56. The highest BCUT2D eigenvalue weighted by Crippen LogP contribution is 2.09. The van der Waals surface area contributed by atoms with E-state index in [2.05, 4.69) is 39.8 Å². The fraction of sp³-hybridized carbons (Fsp3) is 0.500. The van der Waals surface area contributed by atoms with Gasteiger partial charge < -0.3 is 4.43 Å². The highest BCUT2D eigenvalue weighted by atomic mass is 28.2. The minimum Gasteiger partial charge on any atom is -0.520 e. The molecule has 0 aromatic heterocycles. The molecule has 1 aromatic rings. The summed E-state index contributed by atoms with van der Waals surface area (Å²) in [4.78, 5) is 11.5. The molecule has 0 radical (unpaired) electrons. The quantitative estimate of drug-likeness (QED) is 0.748. The van der Waals surface area contributed by atoms with Gasteiger partial charge in [0.15, 0.2) is 0 Å². The molecule has 17 heavy (non-hydrogen) atoms. The fourth-order valence-electron chi connectivity index (χ4n) is 1.72. The minimum atomic E-state index is -0.903. The zero-order valence-corrected chi connectivity index (χ0v) is 12.7. The minimum absolute atomic E-state index is 0.0313. The lowest BCUT2D eigenvalue weighted by Gasteiger charge is -2.11. The van der Waals surface area contributed by atoms with Gasteiger partial charge >= 0.3 is 0 Å². The molecule has 2 nitrogen and oxygen atoms in total. The fourth-order valence-corrected chi connectivity index (χ4v) is 2.88. The molecular weight excluding hydrogens is 228 g/mol. The van der Waals surface area contributed by atoms with Crippen molar-refractivity contribution in [1.82, 2.24) is 0 Å². The van der Waals surface area contributed by atoms with Crippen LogP contribution in [0.3, 0.4) is 0 Å². The van der Waals surface area contributed by atoms with Gasteiger partial charge in [-0.1, -0.05) is 25.5 Å². The van der Waals surface area contributed by atoms with Crippen molar-refractivity contribution in [3.05, 3.63) is 28.8 Å². The Bertz CT molecular complexity index is 399. The predicted octanol–water partition coefficient (Wildman–Crippen LogP) is 2.05. The highest BCUT2D eigenvalue weighted by Gasteiger charge is 2.07. The van der Waals surface area contributed by atoms with Crippen LogP contribution in [-0.4, -0.2) is 15.7 Å². The molecule has 0 saturated carbocycles. The molecule has 3 heteroatoms. The lowest BCUT2D eigenvalue weighted by Crippen LogP contribution is -2.24. The molecule has 0 amide bonds. The maximum absolute atomic E-state index is 11.5. The van der Waals surface area contributed by atoms with Crippen molar-refractivity contribution in [2.24, 2.45) is 0 Å². The molecule has 0 aliphatic rings. The first-order valence-electron chi connectivity index (χ1n) is 6.27. The molecule has 0 heterocycles. The summed E-state index contributed by atoms with van der Waals surface area (Å²) < 4.78 is 5.41. The van der Waals surface area contributed by atoms with Crippen LogP contribution in [0.4, 0.5) is 0 Å². The van der Waals surface area contributed by atoms with Gasteiger partial charge in [0.05, 0.1) is 0 Å². The molecule has 0 aliphatic carbocycles. The summed E-state index contributed by atoms with van der Waals surface area (Å²) in [6.45, 7) is 8.44. The van der Waals surface area contributed by atoms with E-state index in [0.717, 1.165) is 12.8 Å². The Morgan fingerprint density at radius 2 is 1.94 bits per heavy atom. The first kappa shape index (κ1) is 14.0. The molecule has 0 saturated heterocycles. The van der Waals surface area contributed by atoms with Crippen LogP contribution < -0.4 is 5.19 Å². The number of hydrogen-bond acceptors (Lipinski definition) is 2. The predicted molar refractivity (Wildman–Crippen MR) is 74.4 cm³/mol. The van der Waals surface area contributed by atoms with Crippen LogP contribution in [0.1, 0.15) is 42.9 Å². The van der Waals surface area contributed by atoms with Gasteiger partial charge in [0.25, 0.3) is 15.7 Å². The Morgan fingerprint density at radius 3 is 2.59 bits per heavy atom. The number of carbonyl (C=O) groups excluding carboxylic acids is 1. The molecule has 0 spiro atoms. The van der Waals surface area contributed by atoms with E-state index in [4.69, 9.17) is 4.43 Å². The van der Waals surface area contributed by atoms with Gasteiger partial charge in [0.2, 0.25) is 0 Å².